The smallest absolute Gasteiger partial charge is 0.315 e. The van der Waals surface area contributed by atoms with Crippen LogP contribution in [0.5, 0.6) is 0 Å². The van der Waals surface area contributed by atoms with Crippen molar-refractivity contribution in [3.05, 3.63) is 48.3 Å². The van der Waals surface area contributed by atoms with E-state index < -0.39 is 0 Å². The minimum Gasteiger partial charge on any atom is -0.367 e. The summed E-state index contributed by atoms with van der Waals surface area (Å²) in [5.41, 5.74) is 5.57. The van der Waals surface area contributed by atoms with Crippen LogP contribution in [-0.2, 0) is 7.05 Å². The lowest BCUT2D eigenvalue weighted by Gasteiger charge is -2.22. The molecule has 10 nitrogen and oxygen atoms in total. The first-order chi connectivity index (χ1) is 19.1. The standard InChI is InChI=1S/C29H35N9O/c1-19-35-36-28-26(30-16-8-9-17-31-29(39)32-21-10-4-3-5-11-21)33-23-18-20(14-15-25(23)38(19)28)27-34-22-12-6-7-13-24(22)37(27)2/h6-7,12-15,18,21H,3-5,8-11,16-17H2,1-2H3,(H,30,33)(H2,31,32,39). The monoisotopic (exact) mass is 525 g/mol. The Hall–Kier alpha value is -4.21. The molecule has 0 bridgehead atoms. The number of aryl methyl sites for hydroxylation is 2. The molecule has 39 heavy (non-hydrogen) atoms. The van der Waals surface area contributed by atoms with Gasteiger partial charge in [-0.15, -0.1) is 10.2 Å². The molecule has 2 aromatic carbocycles. The first kappa shape index (κ1) is 25.1. The Balaban J connectivity index is 1.14. The van der Waals surface area contributed by atoms with Crippen molar-refractivity contribution in [1.29, 1.82) is 0 Å². The van der Waals surface area contributed by atoms with Crippen molar-refractivity contribution in [2.45, 2.75) is 57.9 Å². The van der Waals surface area contributed by atoms with E-state index in [1.807, 2.05) is 36.6 Å². The third kappa shape index (κ3) is 5.10. The number of carbonyl (C=O) groups is 1. The fourth-order valence-corrected chi connectivity index (χ4v) is 5.58. The van der Waals surface area contributed by atoms with Crippen LogP contribution in [0.15, 0.2) is 42.5 Å². The van der Waals surface area contributed by atoms with Crippen molar-refractivity contribution in [2.24, 2.45) is 7.05 Å². The fraction of sp³-hybridized carbons (Fsp3) is 0.414. The molecule has 1 saturated carbocycles. The maximum atomic E-state index is 12.2. The van der Waals surface area contributed by atoms with E-state index in [9.17, 15) is 4.79 Å². The highest BCUT2D eigenvalue weighted by atomic mass is 16.2. The summed E-state index contributed by atoms with van der Waals surface area (Å²) < 4.78 is 4.15. The number of anilines is 1. The minimum atomic E-state index is -0.0527. The van der Waals surface area contributed by atoms with E-state index in [2.05, 4.69) is 55.0 Å². The van der Waals surface area contributed by atoms with Crippen LogP contribution in [0.3, 0.4) is 0 Å². The summed E-state index contributed by atoms with van der Waals surface area (Å²) >= 11 is 0. The van der Waals surface area contributed by atoms with Gasteiger partial charge in [-0.1, -0.05) is 31.4 Å². The molecule has 3 heterocycles. The van der Waals surface area contributed by atoms with E-state index in [0.29, 0.717) is 24.1 Å². The predicted octanol–water partition coefficient (Wildman–Crippen LogP) is 4.96. The first-order valence-corrected chi connectivity index (χ1v) is 13.9. The predicted molar refractivity (Wildman–Crippen MR) is 154 cm³/mol. The number of urea groups is 1. The second-order valence-electron chi connectivity index (χ2n) is 10.4. The van der Waals surface area contributed by atoms with E-state index in [4.69, 9.17) is 9.97 Å². The molecule has 0 spiro atoms. The molecular weight excluding hydrogens is 490 g/mol. The number of imidazole rings is 1. The van der Waals surface area contributed by atoms with Gasteiger partial charge in [-0.3, -0.25) is 4.40 Å². The maximum absolute atomic E-state index is 12.2. The molecule has 202 valence electrons. The first-order valence-electron chi connectivity index (χ1n) is 13.9. The zero-order valence-electron chi connectivity index (χ0n) is 22.6. The zero-order chi connectivity index (χ0) is 26.8. The van der Waals surface area contributed by atoms with Gasteiger partial charge in [0.2, 0.25) is 5.65 Å². The van der Waals surface area contributed by atoms with Crippen molar-refractivity contribution in [3.63, 3.8) is 0 Å². The highest BCUT2D eigenvalue weighted by Crippen LogP contribution is 2.28. The molecule has 1 aliphatic rings. The van der Waals surface area contributed by atoms with Gasteiger partial charge in [-0.2, -0.15) is 0 Å². The van der Waals surface area contributed by atoms with Crippen molar-refractivity contribution >= 4 is 39.6 Å². The summed E-state index contributed by atoms with van der Waals surface area (Å²) in [6, 6.07) is 14.6. The largest absolute Gasteiger partial charge is 0.367 e. The number of benzene rings is 2. The summed E-state index contributed by atoms with van der Waals surface area (Å²) in [6.45, 7) is 3.31. The van der Waals surface area contributed by atoms with Crippen LogP contribution in [0.1, 0.15) is 50.8 Å². The number of nitrogens with one attached hydrogen (secondary N) is 3. The molecule has 10 heteroatoms. The topological polar surface area (TPSA) is 114 Å². The summed E-state index contributed by atoms with van der Waals surface area (Å²) in [5.74, 6) is 2.41. The molecule has 5 aromatic rings. The van der Waals surface area contributed by atoms with Crippen molar-refractivity contribution in [3.8, 4) is 11.4 Å². The summed E-state index contributed by atoms with van der Waals surface area (Å²) in [6.07, 6.45) is 7.64. The van der Waals surface area contributed by atoms with Crippen LogP contribution in [0.2, 0.25) is 0 Å². The van der Waals surface area contributed by atoms with Gasteiger partial charge in [0, 0.05) is 31.7 Å². The number of fused-ring (bicyclic) bond motifs is 4. The molecule has 3 aromatic heterocycles. The van der Waals surface area contributed by atoms with E-state index in [1.54, 1.807) is 0 Å². The van der Waals surface area contributed by atoms with Gasteiger partial charge in [0.05, 0.1) is 22.1 Å². The lowest BCUT2D eigenvalue weighted by atomic mass is 9.96. The third-order valence-electron chi connectivity index (χ3n) is 7.65. The van der Waals surface area contributed by atoms with Crippen molar-refractivity contribution < 1.29 is 4.79 Å². The molecule has 3 N–H and O–H groups in total. The second-order valence-corrected chi connectivity index (χ2v) is 10.4. The quantitative estimate of drug-likeness (QED) is 0.247. The van der Waals surface area contributed by atoms with Crippen LogP contribution in [0, 0.1) is 6.92 Å². The number of para-hydroxylation sites is 2. The number of unbranched alkanes of at least 4 members (excludes halogenated alkanes) is 1. The summed E-state index contributed by atoms with van der Waals surface area (Å²) in [4.78, 5) is 22.0. The van der Waals surface area contributed by atoms with Crippen molar-refractivity contribution in [1.82, 2.24) is 39.8 Å². The Morgan fingerprint density at radius 1 is 0.949 bits per heavy atom. The van der Waals surface area contributed by atoms with Crippen LogP contribution in [0.4, 0.5) is 10.6 Å². The number of carbonyl (C=O) groups excluding carboxylic acids is 1. The number of hydrogen-bond donors (Lipinski definition) is 3. The number of rotatable bonds is 8. The van der Waals surface area contributed by atoms with Crippen LogP contribution in [-0.4, -0.2) is 54.3 Å². The third-order valence-corrected chi connectivity index (χ3v) is 7.65. The highest BCUT2D eigenvalue weighted by Gasteiger charge is 2.17. The number of aromatic nitrogens is 6. The van der Waals surface area contributed by atoms with E-state index in [-0.39, 0.29) is 6.03 Å². The van der Waals surface area contributed by atoms with Gasteiger partial charge in [0.1, 0.15) is 11.6 Å². The zero-order valence-corrected chi connectivity index (χ0v) is 22.6. The number of amides is 2. The number of nitrogens with zero attached hydrogens (tertiary/aromatic N) is 6. The fourth-order valence-electron chi connectivity index (χ4n) is 5.58. The molecule has 2 amide bonds. The van der Waals surface area contributed by atoms with Gasteiger partial charge >= 0.3 is 6.03 Å². The Morgan fingerprint density at radius 3 is 2.62 bits per heavy atom. The lowest BCUT2D eigenvalue weighted by Crippen LogP contribution is -2.43. The van der Waals surface area contributed by atoms with Gasteiger partial charge < -0.3 is 20.5 Å². The van der Waals surface area contributed by atoms with Gasteiger partial charge in [0.15, 0.2) is 5.82 Å². The van der Waals surface area contributed by atoms with Crippen LogP contribution >= 0.6 is 0 Å². The minimum absolute atomic E-state index is 0.0527. The second kappa shape index (κ2) is 10.9. The average molecular weight is 526 g/mol. The van der Waals surface area contributed by atoms with E-state index >= 15 is 0 Å². The van der Waals surface area contributed by atoms with Crippen LogP contribution < -0.4 is 16.0 Å². The Bertz CT molecular complexity index is 1630. The lowest BCUT2D eigenvalue weighted by molar-refractivity contribution is 0.232. The summed E-state index contributed by atoms with van der Waals surface area (Å²) in [7, 11) is 2.04. The van der Waals surface area contributed by atoms with E-state index in [0.717, 1.165) is 71.5 Å². The molecule has 1 aliphatic carbocycles. The average Bonchev–Trinajstić information content (AvgIpc) is 3.51. The highest BCUT2D eigenvalue weighted by molar-refractivity contribution is 5.88. The van der Waals surface area contributed by atoms with Crippen LogP contribution in [0.25, 0.3) is 39.1 Å². The molecule has 6 rings (SSSR count). The molecule has 0 aliphatic heterocycles. The SMILES string of the molecule is Cc1nnc2c(NCCCCNC(=O)NC3CCCCC3)nc3cc(-c4nc5ccccc5n4C)ccc3n12. The molecule has 0 atom stereocenters. The Morgan fingerprint density at radius 2 is 1.77 bits per heavy atom. The number of hydrogen-bond acceptors (Lipinski definition) is 6. The molecular formula is C29H35N9O. The maximum Gasteiger partial charge on any atom is 0.315 e. The van der Waals surface area contributed by atoms with Gasteiger partial charge in [0.25, 0.3) is 0 Å². The molecule has 0 saturated heterocycles. The van der Waals surface area contributed by atoms with Gasteiger partial charge in [-0.25, -0.2) is 14.8 Å². The van der Waals surface area contributed by atoms with E-state index in [1.165, 1.54) is 19.3 Å². The molecule has 0 radical (unpaired) electrons. The normalized spacial score (nSPS) is 14.3. The van der Waals surface area contributed by atoms with Crippen molar-refractivity contribution in [2.75, 3.05) is 18.4 Å². The summed E-state index contributed by atoms with van der Waals surface area (Å²) in [5, 5.41) is 18.3. The van der Waals surface area contributed by atoms with Gasteiger partial charge in [-0.05, 0) is 62.9 Å². The Kier molecular flexibility index (Phi) is 7.00. The molecule has 0 unspecified atom stereocenters. The Labute approximate surface area is 227 Å². The molecule has 1 fully saturated rings.